The van der Waals surface area contributed by atoms with Crippen LogP contribution in [0.15, 0.2) is 72.9 Å². The highest BCUT2D eigenvalue weighted by Gasteiger charge is 2.30. The number of aromatic nitrogens is 5. The summed E-state index contributed by atoms with van der Waals surface area (Å²) < 4.78 is 16.0. The monoisotopic (exact) mass is 678 g/mol. The van der Waals surface area contributed by atoms with E-state index in [-0.39, 0.29) is 36.8 Å². The van der Waals surface area contributed by atoms with Crippen LogP contribution < -0.4 is 20.3 Å². The molecule has 0 saturated carbocycles. The molecular formula is C38H46N8O4. The summed E-state index contributed by atoms with van der Waals surface area (Å²) in [5.74, 6) is 2.19. The predicted molar refractivity (Wildman–Crippen MR) is 192 cm³/mol. The fraction of sp³-hybridized carbons (Fsp3) is 0.421. The maximum Gasteiger partial charge on any atom is 0.320 e. The normalized spacial score (nSPS) is 17.8. The van der Waals surface area contributed by atoms with Crippen LogP contribution in [0.1, 0.15) is 87.4 Å². The van der Waals surface area contributed by atoms with Crippen LogP contribution in [0.25, 0.3) is 11.3 Å². The van der Waals surface area contributed by atoms with Gasteiger partial charge in [-0.2, -0.15) is 5.10 Å². The standard InChI is InChI=1S/C38H46N8O4/c1-38(2,3)33-23-35(46(43-33)27-11-9-10-26(22-27)25-49-21-20-47)40-36(48)39-31-15-16-32(30-13-6-5-12-29(30)31)50-28-14-17-34-41-42-37(45(34)24-28)44-18-7-4-8-19-44/h5-6,9-14,17,22-24,31-32,47H,4,7-8,15-16,18-21,25H2,1-3H3,(H2,39,40,48)/t31-,32+/m0/s1. The van der Waals surface area contributed by atoms with Gasteiger partial charge in [0, 0.05) is 24.6 Å². The fourth-order valence-corrected chi connectivity index (χ4v) is 6.80. The zero-order chi connectivity index (χ0) is 34.7. The number of carbonyl (C=O) groups excluding carboxylic acids is 1. The van der Waals surface area contributed by atoms with E-state index in [2.05, 4.69) is 58.6 Å². The van der Waals surface area contributed by atoms with Gasteiger partial charge in [-0.3, -0.25) is 9.72 Å². The Hall–Kier alpha value is -4.94. The Morgan fingerprint density at radius 1 is 0.960 bits per heavy atom. The fourth-order valence-electron chi connectivity index (χ4n) is 6.80. The molecule has 2 aromatic carbocycles. The number of aliphatic hydroxyl groups is 1. The Morgan fingerprint density at radius 3 is 2.58 bits per heavy atom. The van der Waals surface area contributed by atoms with Crippen LogP contribution in [0.4, 0.5) is 16.6 Å². The molecule has 3 N–H and O–H groups in total. The number of nitrogens with zero attached hydrogens (tertiary/aromatic N) is 6. The molecular weight excluding hydrogens is 632 g/mol. The van der Waals surface area contributed by atoms with Crippen molar-refractivity contribution in [3.05, 3.63) is 95.3 Å². The van der Waals surface area contributed by atoms with Gasteiger partial charge in [-0.05, 0) is 73.1 Å². The van der Waals surface area contributed by atoms with Gasteiger partial charge in [0.2, 0.25) is 5.95 Å². The van der Waals surface area contributed by atoms with Crippen molar-refractivity contribution < 1.29 is 19.4 Å². The van der Waals surface area contributed by atoms with E-state index in [1.165, 1.54) is 6.42 Å². The minimum absolute atomic E-state index is 0.0315. The van der Waals surface area contributed by atoms with E-state index >= 15 is 0 Å². The summed E-state index contributed by atoms with van der Waals surface area (Å²) in [6, 6.07) is 21.3. The lowest BCUT2D eigenvalue weighted by Crippen LogP contribution is -2.36. The summed E-state index contributed by atoms with van der Waals surface area (Å²) in [6.45, 7) is 8.86. The number of hydrogen-bond acceptors (Lipinski definition) is 8. The lowest BCUT2D eigenvalue weighted by atomic mass is 9.85. The molecule has 2 aliphatic rings. The number of piperidine rings is 1. The number of ether oxygens (including phenoxy) is 2. The molecule has 3 aromatic heterocycles. The highest BCUT2D eigenvalue weighted by molar-refractivity contribution is 5.89. The van der Waals surface area contributed by atoms with Crippen molar-refractivity contribution in [3.8, 4) is 11.4 Å². The number of fused-ring (bicyclic) bond motifs is 2. The Morgan fingerprint density at radius 2 is 1.78 bits per heavy atom. The molecule has 4 heterocycles. The number of rotatable bonds is 10. The largest absolute Gasteiger partial charge is 0.484 e. The number of hydrogen-bond donors (Lipinski definition) is 3. The molecule has 0 unspecified atom stereocenters. The first-order valence-corrected chi connectivity index (χ1v) is 17.6. The molecule has 50 heavy (non-hydrogen) atoms. The van der Waals surface area contributed by atoms with Crippen molar-refractivity contribution in [2.75, 3.05) is 36.5 Å². The van der Waals surface area contributed by atoms with E-state index < -0.39 is 0 Å². The van der Waals surface area contributed by atoms with Gasteiger partial charge in [-0.25, -0.2) is 9.48 Å². The van der Waals surface area contributed by atoms with Gasteiger partial charge >= 0.3 is 6.03 Å². The molecule has 2 atom stereocenters. The minimum atomic E-state index is -0.309. The molecule has 0 bridgehead atoms. The van der Waals surface area contributed by atoms with Gasteiger partial charge in [0.1, 0.15) is 17.7 Å². The lowest BCUT2D eigenvalue weighted by Gasteiger charge is -2.32. The summed E-state index contributed by atoms with van der Waals surface area (Å²) in [6.07, 6.45) is 6.85. The predicted octanol–water partition coefficient (Wildman–Crippen LogP) is 6.49. The second-order valence-electron chi connectivity index (χ2n) is 14.1. The van der Waals surface area contributed by atoms with Crippen LogP contribution >= 0.6 is 0 Å². The van der Waals surface area contributed by atoms with Gasteiger partial charge in [0.25, 0.3) is 0 Å². The molecule has 1 fully saturated rings. The maximum atomic E-state index is 13.7. The van der Waals surface area contributed by atoms with E-state index in [0.717, 1.165) is 77.8 Å². The second-order valence-corrected chi connectivity index (χ2v) is 14.1. The van der Waals surface area contributed by atoms with Crippen molar-refractivity contribution in [3.63, 3.8) is 0 Å². The number of urea groups is 1. The van der Waals surface area contributed by atoms with Gasteiger partial charge < -0.3 is 24.8 Å². The van der Waals surface area contributed by atoms with Gasteiger partial charge in [-0.15, -0.1) is 10.2 Å². The van der Waals surface area contributed by atoms with Crippen LogP contribution in [-0.4, -0.2) is 61.8 Å². The minimum Gasteiger partial charge on any atom is -0.484 e. The van der Waals surface area contributed by atoms with Crippen LogP contribution in [0.2, 0.25) is 0 Å². The van der Waals surface area contributed by atoms with Gasteiger partial charge in [0.15, 0.2) is 5.65 Å². The van der Waals surface area contributed by atoms with E-state index in [1.807, 2.05) is 65.2 Å². The Balaban J connectivity index is 1.07. The number of benzene rings is 2. The third kappa shape index (κ3) is 7.31. The summed E-state index contributed by atoms with van der Waals surface area (Å²) in [7, 11) is 0. The maximum absolute atomic E-state index is 13.7. The molecule has 12 heteroatoms. The van der Waals surface area contributed by atoms with E-state index in [4.69, 9.17) is 19.7 Å². The molecule has 0 spiro atoms. The Labute approximate surface area is 292 Å². The van der Waals surface area contributed by atoms with Gasteiger partial charge in [-0.1, -0.05) is 57.2 Å². The van der Waals surface area contributed by atoms with E-state index in [9.17, 15) is 4.79 Å². The number of nitrogens with one attached hydrogen (secondary N) is 2. The molecule has 12 nitrogen and oxygen atoms in total. The molecule has 262 valence electrons. The summed E-state index contributed by atoms with van der Waals surface area (Å²) >= 11 is 0. The SMILES string of the molecule is CC(C)(C)c1cc(NC(=O)N[C@H]2CC[C@@H](Oc3ccc4nnc(N5CCCCC5)n4c3)c3ccccc32)n(-c2cccc(COCCO)c2)n1. The molecule has 5 aromatic rings. The summed E-state index contributed by atoms with van der Waals surface area (Å²) in [5, 5.41) is 29.2. The number of pyridine rings is 1. The van der Waals surface area contributed by atoms with Crippen molar-refractivity contribution in [1.29, 1.82) is 0 Å². The Bertz CT molecular complexity index is 1940. The van der Waals surface area contributed by atoms with Crippen molar-refractivity contribution >= 4 is 23.4 Å². The average molecular weight is 679 g/mol. The number of anilines is 2. The van der Waals surface area contributed by atoms with Crippen molar-refractivity contribution in [2.45, 2.75) is 77.0 Å². The van der Waals surface area contributed by atoms with Gasteiger partial charge in [0.05, 0.1) is 43.4 Å². The third-order valence-electron chi connectivity index (χ3n) is 9.39. The molecule has 7 rings (SSSR count). The van der Waals surface area contributed by atoms with Crippen LogP contribution in [0.5, 0.6) is 5.75 Å². The number of carbonyl (C=O) groups is 1. The number of amides is 2. The highest BCUT2D eigenvalue weighted by atomic mass is 16.5. The first-order valence-electron chi connectivity index (χ1n) is 17.6. The van der Waals surface area contributed by atoms with Crippen molar-refractivity contribution in [2.24, 2.45) is 0 Å². The molecule has 2 amide bonds. The zero-order valence-corrected chi connectivity index (χ0v) is 29.0. The molecule has 1 saturated heterocycles. The zero-order valence-electron chi connectivity index (χ0n) is 29.0. The quantitative estimate of drug-likeness (QED) is 0.143. The second kappa shape index (κ2) is 14.5. The summed E-state index contributed by atoms with van der Waals surface area (Å²) in [4.78, 5) is 16.0. The molecule has 1 aliphatic heterocycles. The van der Waals surface area contributed by atoms with Crippen LogP contribution in [-0.2, 0) is 16.8 Å². The summed E-state index contributed by atoms with van der Waals surface area (Å²) in [5.41, 5.74) is 5.27. The van der Waals surface area contributed by atoms with Crippen LogP contribution in [0.3, 0.4) is 0 Å². The first-order chi connectivity index (χ1) is 24.3. The van der Waals surface area contributed by atoms with Crippen LogP contribution in [0, 0.1) is 0 Å². The third-order valence-corrected chi connectivity index (χ3v) is 9.39. The smallest absolute Gasteiger partial charge is 0.320 e. The van der Waals surface area contributed by atoms with E-state index in [0.29, 0.717) is 18.8 Å². The topological polar surface area (TPSA) is 131 Å². The number of aliphatic hydroxyl groups excluding tert-OH is 1. The lowest BCUT2D eigenvalue weighted by molar-refractivity contribution is 0.0815. The average Bonchev–Trinajstić information content (AvgIpc) is 3.75. The molecule has 1 aliphatic carbocycles. The molecule has 0 radical (unpaired) electrons. The first kappa shape index (κ1) is 33.6. The Kier molecular flexibility index (Phi) is 9.73. The van der Waals surface area contributed by atoms with E-state index in [1.54, 1.807) is 4.68 Å². The highest BCUT2D eigenvalue weighted by Crippen LogP contribution is 2.39. The van der Waals surface area contributed by atoms with Crippen molar-refractivity contribution in [1.82, 2.24) is 29.7 Å².